The van der Waals surface area contributed by atoms with Crippen LogP contribution in [0.5, 0.6) is 0 Å². The molecule has 1 fully saturated rings. The maximum Gasteiger partial charge on any atom is 0.338 e. The number of nitriles is 1. The van der Waals surface area contributed by atoms with E-state index in [4.69, 9.17) is 10.5 Å². The van der Waals surface area contributed by atoms with Crippen LogP contribution in [0.1, 0.15) is 18.4 Å². The second-order valence-electron chi connectivity index (χ2n) is 6.50. The van der Waals surface area contributed by atoms with E-state index < -0.39 is 11.9 Å². The van der Waals surface area contributed by atoms with Gasteiger partial charge in [0.25, 0.3) is 0 Å². The fourth-order valence-electron chi connectivity index (χ4n) is 3.38. The van der Waals surface area contributed by atoms with E-state index in [1.807, 2.05) is 60.7 Å². The quantitative estimate of drug-likeness (QED) is 0.734. The minimum absolute atomic E-state index is 0.196. The topological polar surface area (TPSA) is 104 Å². The smallest absolute Gasteiger partial charge is 0.338 e. The van der Waals surface area contributed by atoms with Crippen molar-refractivity contribution >= 4 is 28.6 Å². The minimum atomic E-state index is -0.619. The number of thioether (sulfide) groups is 1. The van der Waals surface area contributed by atoms with Gasteiger partial charge in [0.2, 0.25) is 0 Å². The lowest BCUT2D eigenvalue weighted by molar-refractivity contribution is -0.139. The maximum atomic E-state index is 12.8. The summed E-state index contributed by atoms with van der Waals surface area (Å²) in [6.45, 7) is 1.94. The first-order valence-electron chi connectivity index (χ1n) is 9.38. The fraction of sp³-hybridized carbons (Fsp3) is 0.136. The highest BCUT2D eigenvalue weighted by molar-refractivity contribution is 8.17. The summed E-state index contributed by atoms with van der Waals surface area (Å²) in [4.78, 5) is 17.4. The van der Waals surface area contributed by atoms with E-state index in [-0.39, 0.29) is 18.0 Å². The van der Waals surface area contributed by atoms with Crippen molar-refractivity contribution in [1.29, 1.82) is 5.26 Å². The number of nitrogens with one attached hydrogen (secondary N) is 1. The van der Waals surface area contributed by atoms with E-state index in [0.29, 0.717) is 15.8 Å². The summed E-state index contributed by atoms with van der Waals surface area (Å²) in [6.07, 6.45) is 0. The first kappa shape index (κ1) is 19.6. The Hall–Kier alpha value is -3.70. The number of ether oxygens (including phenoxy) is 1. The molecule has 0 amide bonds. The van der Waals surface area contributed by atoms with Gasteiger partial charge in [0.1, 0.15) is 10.9 Å². The minimum Gasteiger partial charge on any atom is -0.463 e. The summed E-state index contributed by atoms with van der Waals surface area (Å²) in [5.74, 6) is -0.968. The molecule has 2 aromatic carbocycles. The van der Waals surface area contributed by atoms with Crippen LogP contribution in [-0.4, -0.2) is 22.8 Å². The highest BCUT2D eigenvalue weighted by atomic mass is 32.2. The summed E-state index contributed by atoms with van der Waals surface area (Å²) in [6, 6.07) is 21.1. The molecule has 3 N–H and O–H groups in total. The van der Waals surface area contributed by atoms with Crippen LogP contribution in [0, 0.1) is 11.3 Å². The SMILES string of the molecule is CCOC(=O)C1=C(N)N2NC(=Nc3ccccc3)SC2=C(C#N)C1c1ccccc1. The number of amidine groups is 1. The molecule has 0 spiro atoms. The average molecular weight is 417 g/mol. The molecule has 1 atom stereocenters. The molecule has 0 saturated carbocycles. The number of nitrogens with two attached hydrogens (primary N) is 1. The van der Waals surface area contributed by atoms with Crippen LogP contribution in [-0.2, 0) is 9.53 Å². The Labute approximate surface area is 178 Å². The van der Waals surface area contributed by atoms with E-state index in [1.54, 1.807) is 6.92 Å². The van der Waals surface area contributed by atoms with Gasteiger partial charge in [0.05, 0.1) is 35.4 Å². The normalized spacial score (nSPS) is 19.4. The van der Waals surface area contributed by atoms with E-state index in [2.05, 4.69) is 16.5 Å². The summed E-state index contributed by atoms with van der Waals surface area (Å²) in [7, 11) is 0. The Morgan fingerprint density at radius 1 is 1.23 bits per heavy atom. The molecule has 30 heavy (non-hydrogen) atoms. The Morgan fingerprint density at radius 2 is 1.90 bits per heavy atom. The van der Waals surface area contributed by atoms with Gasteiger partial charge >= 0.3 is 5.97 Å². The van der Waals surface area contributed by atoms with Crippen LogP contribution in [0.2, 0.25) is 0 Å². The molecule has 1 saturated heterocycles. The second-order valence-corrected chi connectivity index (χ2v) is 7.47. The molecule has 2 heterocycles. The molecule has 0 aliphatic carbocycles. The molecule has 8 heteroatoms. The standard InChI is InChI=1S/C22H19N5O2S/c1-2-29-21(28)18-17(14-9-5-3-6-10-14)16(13-23)20-27(19(18)24)26-22(30-20)25-15-11-7-4-8-12-15/h3-12,17H,2,24H2,1H3,(H,25,26). The summed E-state index contributed by atoms with van der Waals surface area (Å²) in [5.41, 5.74) is 11.7. The van der Waals surface area contributed by atoms with Crippen LogP contribution in [0.15, 0.2) is 87.7 Å². The third-order valence-electron chi connectivity index (χ3n) is 4.66. The number of aliphatic imine (C=N–C) groups is 1. The summed E-state index contributed by atoms with van der Waals surface area (Å²) in [5, 5.41) is 12.7. The Kier molecular flexibility index (Phi) is 5.46. The first-order valence-corrected chi connectivity index (χ1v) is 10.2. The molecule has 0 radical (unpaired) electrons. The van der Waals surface area contributed by atoms with Gasteiger partial charge in [-0.1, -0.05) is 48.5 Å². The average Bonchev–Trinajstić information content (AvgIpc) is 3.19. The monoisotopic (exact) mass is 417 g/mol. The van der Waals surface area contributed by atoms with Gasteiger partial charge in [-0.15, -0.1) is 0 Å². The number of esters is 1. The molecule has 7 nitrogen and oxygen atoms in total. The fourth-order valence-corrected chi connectivity index (χ4v) is 4.36. The Balaban J connectivity index is 1.84. The van der Waals surface area contributed by atoms with E-state index in [1.165, 1.54) is 16.8 Å². The second kappa shape index (κ2) is 8.35. The van der Waals surface area contributed by atoms with Crippen molar-refractivity contribution in [3.05, 3.63) is 88.2 Å². The number of hydrogen-bond donors (Lipinski definition) is 2. The lowest BCUT2D eigenvalue weighted by Crippen LogP contribution is -2.41. The van der Waals surface area contributed by atoms with Crippen molar-refractivity contribution in [1.82, 2.24) is 10.4 Å². The lowest BCUT2D eigenvalue weighted by atomic mass is 9.83. The molecular formula is C22H19N5O2S. The number of nitrogens with zero attached hydrogens (tertiary/aromatic N) is 3. The molecule has 2 aliphatic heterocycles. The molecule has 150 valence electrons. The molecule has 2 aromatic rings. The zero-order valence-corrected chi connectivity index (χ0v) is 17.0. The highest BCUT2D eigenvalue weighted by Crippen LogP contribution is 2.46. The molecule has 4 rings (SSSR count). The van der Waals surface area contributed by atoms with Crippen molar-refractivity contribution in [2.24, 2.45) is 10.7 Å². The third kappa shape index (κ3) is 3.51. The summed E-state index contributed by atoms with van der Waals surface area (Å²) >= 11 is 1.31. The van der Waals surface area contributed by atoms with Crippen LogP contribution >= 0.6 is 11.8 Å². The number of fused-ring (bicyclic) bond motifs is 1. The van der Waals surface area contributed by atoms with Gasteiger partial charge in [0, 0.05) is 0 Å². The van der Waals surface area contributed by atoms with Gasteiger partial charge in [-0.25, -0.2) is 14.8 Å². The van der Waals surface area contributed by atoms with Crippen LogP contribution in [0.4, 0.5) is 5.69 Å². The van der Waals surface area contributed by atoms with Crippen molar-refractivity contribution < 1.29 is 9.53 Å². The summed E-state index contributed by atoms with van der Waals surface area (Å²) < 4.78 is 5.27. The van der Waals surface area contributed by atoms with E-state index in [9.17, 15) is 10.1 Å². The molecule has 0 bridgehead atoms. The van der Waals surface area contributed by atoms with Crippen LogP contribution < -0.4 is 11.2 Å². The van der Waals surface area contributed by atoms with Crippen molar-refractivity contribution in [3.8, 4) is 6.07 Å². The third-order valence-corrected chi connectivity index (χ3v) is 5.64. The number of carbonyl (C=O) groups is 1. The number of para-hydroxylation sites is 1. The number of benzene rings is 2. The Bertz CT molecular complexity index is 1100. The zero-order valence-electron chi connectivity index (χ0n) is 16.2. The van der Waals surface area contributed by atoms with Gasteiger partial charge < -0.3 is 10.5 Å². The van der Waals surface area contributed by atoms with E-state index >= 15 is 0 Å². The molecule has 2 aliphatic rings. The molecule has 0 aromatic heterocycles. The molecule has 1 unspecified atom stereocenters. The number of hydrazine groups is 1. The van der Waals surface area contributed by atoms with Gasteiger partial charge in [-0.05, 0) is 36.4 Å². The maximum absolute atomic E-state index is 12.8. The van der Waals surface area contributed by atoms with Crippen molar-refractivity contribution in [2.75, 3.05) is 6.61 Å². The van der Waals surface area contributed by atoms with E-state index in [0.717, 1.165) is 11.3 Å². The predicted molar refractivity (Wildman–Crippen MR) is 116 cm³/mol. The number of carbonyl (C=O) groups excluding carboxylic acids is 1. The van der Waals surface area contributed by atoms with Crippen LogP contribution in [0.3, 0.4) is 0 Å². The largest absolute Gasteiger partial charge is 0.463 e. The van der Waals surface area contributed by atoms with Crippen molar-refractivity contribution in [3.63, 3.8) is 0 Å². The number of hydrogen-bond acceptors (Lipinski definition) is 7. The number of allylic oxidation sites excluding steroid dienone is 1. The van der Waals surface area contributed by atoms with Crippen LogP contribution in [0.25, 0.3) is 0 Å². The highest BCUT2D eigenvalue weighted by Gasteiger charge is 2.43. The zero-order chi connectivity index (χ0) is 21.1. The van der Waals surface area contributed by atoms with Gasteiger partial charge in [-0.2, -0.15) is 5.26 Å². The number of rotatable bonds is 4. The molecular weight excluding hydrogens is 398 g/mol. The first-order chi connectivity index (χ1) is 14.6. The van der Waals surface area contributed by atoms with Gasteiger partial charge in [-0.3, -0.25) is 5.43 Å². The van der Waals surface area contributed by atoms with Crippen molar-refractivity contribution in [2.45, 2.75) is 12.8 Å². The lowest BCUT2D eigenvalue weighted by Gasteiger charge is -2.31. The Morgan fingerprint density at radius 3 is 2.53 bits per heavy atom. The predicted octanol–water partition coefficient (Wildman–Crippen LogP) is 3.49. The van der Waals surface area contributed by atoms with Gasteiger partial charge in [0.15, 0.2) is 5.17 Å².